The van der Waals surface area contributed by atoms with E-state index < -0.39 is 0 Å². The highest BCUT2D eigenvalue weighted by molar-refractivity contribution is 9.10. The zero-order valence-electron chi connectivity index (χ0n) is 11.2. The lowest BCUT2D eigenvalue weighted by Gasteiger charge is -2.13. The third kappa shape index (κ3) is 3.87. The number of benzene rings is 1. The molecule has 0 saturated heterocycles. The number of halogens is 1. The van der Waals surface area contributed by atoms with Gasteiger partial charge in [0.05, 0.1) is 6.04 Å². The topological polar surface area (TPSA) is 53.6 Å². The molecule has 0 aliphatic rings. The fourth-order valence-corrected chi connectivity index (χ4v) is 4.00. The molecular formula is C14H13BrN4S2. The normalized spacial score (nSPS) is 12.3. The number of thiophene rings is 1. The second kappa shape index (κ2) is 6.64. The standard InChI is InChI=1S/C14H13BrN4S2/c1-9(13-6-10(15)7-20-13)18-11-2-4-12(5-3-11)21-14-16-8-17-19-14/h2-9,18H,1H3,(H,16,17,19). The van der Waals surface area contributed by atoms with Crippen molar-refractivity contribution in [2.24, 2.45) is 0 Å². The van der Waals surface area contributed by atoms with E-state index in [1.807, 2.05) is 0 Å². The molecule has 0 spiro atoms. The molecule has 0 fully saturated rings. The van der Waals surface area contributed by atoms with Crippen LogP contribution in [0.3, 0.4) is 0 Å². The lowest BCUT2D eigenvalue weighted by atomic mass is 10.2. The number of H-pyrrole nitrogens is 1. The van der Waals surface area contributed by atoms with Gasteiger partial charge in [-0.25, -0.2) is 4.98 Å². The molecule has 0 bridgehead atoms. The van der Waals surface area contributed by atoms with Gasteiger partial charge in [0.2, 0.25) is 0 Å². The van der Waals surface area contributed by atoms with Crippen LogP contribution in [0.25, 0.3) is 0 Å². The van der Waals surface area contributed by atoms with Gasteiger partial charge in [0.25, 0.3) is 0 Å². The minimum absolute atomic E-state index is 0.286. The van der Waals surface area contributed by atoms with Gasteiger partial charge in [0, 0.05) is 25.3 Å². The van der Waals surface area contributed by atoms with E-state index in [0.717, 1.165) is 20.2 Å². The summed E-state index contributed by atoms with van der Waals surface area (Å²) >= 11 is 6.80. The summed E-state index contributed by atoms with van der Waals surface area (Å²) < 4.78 is 1.13. The molecule has 3 aromatic rings. The summed E-state index contributed by atoms with van der Waals surface area (Å²) in [4.78, 5) is 6.54. The Labute approximate surface area is 139 Å². The van der Waals surface area contributed by atoms with Crippen molar-refractivity contribution >= 4 is 44.7 Å². The summed E-state index contributed by atoms with van der Waals surface area (Å²) in [6.07, 6.45) is 1.51. The van der Waals surface area contributed by atoms with Crippen molar-refractivity contribution in [3.05, 3.63) is 51.4 Å². The van der Waals surface area contributed by atoms with E-state index in [4.69, 9.17) is 0 Å². The summed E-state index contributed by atoms with van der Waals surface area (Å²) in [5, 5.41) is 13.1. The van der Waals surface area contributed by atoms with Crippen LogP contribution in [0, 0.1) is 0 Å². The highest BCUT2D eigenvalue weighted by Crippen LogP contribution is 2.29. The van der Waals surface area contributed by atoms with Gasteiger partial charge in [-0.3, -0.25) is 5.10 Å². The maximum absolute atomic E-state index is 4.10. The molecule has 0 radical (unpaired) electrons. The van der Waals surface area contributed by atoms with E-state index in [1.54, 1.807) is 23.1 Å². The van der Waals surface area contributed by atoms with Gasteiger partial charge in [0.1, 0.15) is 6.33 Å². The Hall–Kier alpha value is -1.31. The van der Waals surface area contributed by atoms with Crippen molar-refractivity contribution in [3.8, 4) is 0 Å². The zero-order valence-corrected chi connectivity index (χ0v) is 14.4. The molecule has 1 atom stereocenters. The van der Waals surface area contributed by atoms with Crippen LogP contribution in [0.2, 0.25) is 0 Å². The number of aromatic nitrogens is 3. The van der Waals surface area contributed by atoms with E-state index in [0.29, 0.717) is 0 Å². The largest absolute Gasteiger partial charge is 0.378 e. The molecule has 0 saturated carbocycles. The average Bonchev–Trinajstić information content (AvgIpc) is 3.12. The van der Waals surface area contributed by atoms with E-state index in [2.05, 4.69) is 79.1 Å². The van der Waals surface area contributed by atoms with Crippen molar-refractivity contribution in [1.82, 2.24) is 15.2 Å². The number of hydrogen-bond acceptors (Lipinski definition) is 5. The van der Waals surface area contributed by atoms with E-state index in [1.165, 1.54) is 11.2 Å². The first-order valence-electron chi connectivity index (χ1n) is 6.34. The molecule has 2 heterocycles. The van der Waals surface area contributed by atoms with Crippen LogP contribution in [0.5, 0.6) is 0 Å². The second-order valence-electron chi connectivity index (χ2n) is 4.45. The lowest BCUT2D eigenvalue weighted by Crippen LogP contribution is -2.04. The predicted octanol–water partition coefficient (Wildman–Crippen LogP) is 4.95. The number of aromatic amines is 1. The van der Waals surface area contributed by atoms with Crippen LogP contribution in [0.4, 0.5) is 5.69 Å². The zero-order chi connectivity index (χ0) is 14.7. The maximum Gasteiger partial charge on any atom is 0.188 e. The second-order valence-corrected chi connectivity index (χ2v) is 7.37. The molecule has 0 amide bonds. The molecule has 7 heteroatoms. The van der Waals surface area contributed by atoms with Crippen LogP contribution in [0.1, 0.15) is 17.8 Å². The Bertz CT molecular complexity index is 694. The van der Waals surface area contributed by atoms with Crippen molar-refractivity contribution in [2.75, 3.05) is 5.32 Å². The molecule has 21 heavy (non-hydrogen) atoms. The average molecular weight is 381 g/mol. The molecule has 108 valence electrons. The molecule has 1 unspecified atom stereocenters. The third-order valence-corrected chi connectivity index (χ3v) is 5.63. The SMILES string of the molecule is CC(Nc1ccc(Sc2ncn[nH]2)cc1)c1cc(Br)cs1. The quantitative estimate of drug-likeness (QED) is 0.656. The van der Waals surface area contributed by atoms with Gasteiger partial charge in [0.15, 0.2) is 5.16 Å². The monoisotopic (exact) mass is 380 g/mol. The Morgan fingerprint density at radius 1 is 1.33 bits per heavy atom. The first kappa shape index (κ1) is 14.6. The first-order chi connectivity index (χ1) is 10.2. The van der Waals surface area contributed by atoms with Crippen molar-refractivity contribution in [1.29, 1.82) is 0 Å². The minimum Gasteiger partial charge on any atom is -0.378 e. The summed E-state index contributed by atoms with van der Waals surface area (Å²) in [5.41, 5.74) is 1.11. The highest BCUT2D eigenvalue weighted by Gasteiger charge is 2.08. The summed E-state index contributed by atoms with van der Waals surface area (Å²) in [6.45, 7) is 2.16. The highest BCUT2D eigenvalue weighted by atomic mass is 79.9. The van der Waals surface area contributed by atoms with Gasteiger partial charge in [-0.1, -0.05) is 11.8 Å². The van der Waals surface area contributed by atoms with Gasteiger partial charge < -0.3 is 5.32 Å². The Morgan fingerprint density at radius 2 is 2.14 bits per heavy atom. The smallest absolute Gasteiger partial charge is 0.188 e. The predicted molar refractivity (Wildman–Crippen MR) is 91.0 cm³/mol. The van der Waals surface area contributed by atoms with Gasteiger partial charge in [-0.05, 0) is 53.2 Å². The summed E-state index contributed by atoms with van der Waals surface area (Å²) in [5.74, 6) is 0. The van der Waals surface area contributed by atoms with Crippen molar-refractivity contribution < 1.29 is 0 Å². The van der Waals surface area contributed by atoms with Crippen LogP contribution in [-0.4, -0.2) is 15.2 Å². The number of nitrogens with zero attached hydrogens (tertiary/aromatic N) is 2. The Morgan fingerprint density at radius 3 is 2.76 bits per heavy atom. The van der Waals surface area contributed by atoms with Gasteiger partial charge in [-0.15, -0.1) is 11.3 Å². The summed E-state index contributed by atoms with van der Waals surface area (Å²) in [7, 11) is 0. The fourth-order valence-electron chi connectivity index (χ4n) is 1.85. The van der Waals surface area contributed by atoms with Crippen molar-refractivity contribution in [2.45, 2.75) is 23.0 Å². The Kier molecular flexibility index (Phi) is 4.62. The van der Waals surface area contributed by atoms with Crippen LogP contribution in [-0.2, 0) is 0 Å². The first-order valence-corrected chi connectivity index (χ1v) is 8.83. The maximum atomic E-state index is 4.10. The molecule has 4 nitrogen and oxygen atoms in total. The lowest BCUT2D eigenvalue weighted by molar-refractivity contribution is 0.907. The molecule has 3 rings (SSSR count). The van der Waals surface area contributed by atoms with E-state index in [9.17, 15) is 0 Å². The third-order valence-electron chi connectivity index (χ3n) is 2.86. The van der Waals surface area contributed by atoms with Gasteiger partial charge in [-0.2, -0.15) is 5.10 Å². The summed E-state index contributed by atoms with van der Waals surface area (Å²) in [6, 6.07) is 10.7. The number of hydrogen-bond donors (Lipinski definition) is 2. The van der Waals surface area contributed by atoms with Crippen LogP contribution in [0.15, 0.2) is 56.6 Å². The number of nitrogens with one attached hydrogen (secondary N) is 2. The van der Waals surface area contributed by atoms with E-state index >= 15 is 0 Å². The number of rotatable bonds is 5. The molecule has 2 aromatic heterocycles. The van der Waals surface area contributed by atoms with Crippen LogP contribution < -0.4 is 5.32 Å². The molecular weight excluding hydrogens is 368 g/mol. The molecule has 0 aliphatic carbocycles. The van der Waals surface area contributed by atoms with E-state index in [-0.39, 0.29) is 6.04 Å². The minimum atomic E-state index is 0.286. The molecule has 0 aliphatic heterocycles. The molecule has 2 N–H and O–H groups in total. The Balaban J connectivity index is 1.64. The van der Waals surface area contributed by atoms with Crippen molar-refractivity contribution in [3.63, 3.8) is 0 Å². The fraction of sp³-hybridized carbons (Fsp3) is 0.143. The van der Waals surface area contributed by atoms with Gasteiger partial charge >= 0.3 is 0 Å². The molecule has 1 aromatic carbocycles. The van der Waals surface area contributed by atoms with Crippen LogP contribution >= 0.6 is 39.0 Å². The number of anilines is 1.